The van der Waals surface area contributed by atoms with Gasteiger partial charge in [-0.2, -0.15) is 0 Å². The third-order valence-corrected chi connectivity index (χ3v) is 5.82. The highest BCUT2D eigenvalue weighted by molar-refractivity contribution is 6.30. The van der Waals surface area contributed by atoms with Crippen molar-refractivity contribution in [1.82, 2.24) is 15.5 Å². The summed E-state index contributed by atoms with van der Waals surface area (Å²) >= 11 is 5.95. The lowest BCUT2D eigenvalue weighted by molar-refractivity contribution is -0.125. The number of aryl methyl sites for hydroxylation is 1. The van der Waals surface area contributed by atoms with E-state index in [2.05, 4.69) is 51.6 Å². The molecule has 0 radical (unpaired) electrons. The second-order valence-electron chi connectivity index (χ2n) is 7.75. The summed E-state index contributed by atoms with van der Waals surface area (Å²) in [7, 11) is 0. The van der Waals surface area contributed by atoms with Gasteiger partial charge < -0.3 is 10.2 Å². The average Bonchev–Trinajstić information content (AvgIpc) is 2.79. The fourth-order valence-electron chi connectivity index (χ4n) is 3.68. The second-order valence-corrected chi connectivity index (χ2v) is 8.18. The zero-order valence-corrected chi connectivity index (χ0v) is 17.8. The highest BCUT2D eigenvalue weighted by atomic mass is 35.5. The van der Waals surface area contributed by atoms with Gasteiger partial charge in [0.25, 0.3) is 0 Å². The Morgan fingerprint density at radius 2 is 1.70 bits per heavy atom. The molecule has 0 spiro atoms. The van der Waals surface area contributed by atoms with Crippen molar-refractivity contribution in [3.8, 4) is 11.3 Å². The molecule has 0 aliphatic carbocycles. The van der Waals surface area contributed by atoms with E-state index >= 15 is 0 Å². The SMILES string of the molecule is Cc1ccc(CNC(=O)C2CCN(c3ccc(-c4ccc(Cl)cc4)nn3)CC2)cc1. The number of carbonyl (C=O) groups excluding carboxylic acids is 1. The monoisotopic (exact) mass is 420 g/mol. The van der Waals surface area contributed by atoms with Crippen molar-refractivity contribution in [3.63, 3.8) is 0 Å². The van der Waals surface area contributed by atoms with Gasteiger partial charge in [0.2, 0.25) is 5.91 Å². The molecule has 1 fully saturated rings. The van der Waals surface area contributed by atoms with E-state index < -0.39 is 0 Å². The summed E-state index contributed by atoms with van der Waals surface area (Å²) in [6, 6.07) is 19.8. The third-order valence-electron chi connectivity index (χ3n) is 5.57. The smallest absolute Gasteiger partial charge is 0.223 e. The lowest BCUT2D eigenvalue weighted by Crippen LogP contribution is -2.40. The van der Waals surface area contributed by atoms with Crippen LogP contribution in [0, 0.1) is 12.8 Å². The molecule has 1 saturated heterocycles. The highest BCUT2D eigenvalue weighted by Crippen LogP contribution is 2.24. The van der Waals surface area contributed by atoms with Crippen molar-refractivity contribution < 1.29 is 4.79 Å². The van der Waals surface area contributed by atoms with Crippen LogP contribution >= 0.6 is 11.6 Å². The number of aromatic nitrogens is 2. The number of carbonyl (C=O) groups is 1. The van der Waals surface area contributed by atoms with Crippen LogP contribution in [0.1, 0.15) is 24.0 Å². The molecule has 2 aromatic carbocycles. The van der Waals surface area contributed by atoms with Crippen molar-refractivity contribution >= 4 is 23.3 Å². The highest BCUT2D eigenvalue weighted by Gasteiger charge is 2.25. The average molecular weight is 421 g/mol. The summed E-state index contributed by atoms with van der Waals surface area (Å²) in [4.78, 5) is 14.7. The fourth-order valence-corrected chi connectivity index (χ4v) is 3.80. The lowest BCUT2D eigenvalue weighted by atomic mass is 9.95. The maximum atomic E-state index is 12.5. The second kappa shape index (κ2) is 9.26. The number of hydrogen-bond donors (Lipinski definition) is 1. The normalized spacial score (nSPS) is 14.5. The van der Waals surface area contributed by atoms with Gasteiger partial charge in [-0.25, -0.2) is 0 Å². The fraction of sp³-hybridized carbons (Fsp3) is 0.292. The minimum Gasteiger partial charge on any atom is -0.355 e. The molecule has 5 nitrogen and oxygen atoms in total. The van der Waals surface area contributed by atoms with Crippen molar-refractivity contribution in [1.29, 1.82) is 0 Å². The summed E-state index contributed by atoms with van der Waals surface area (Å²) in [5.41, 5.74) is 4.16. The topological polar surface area (TPSA) is 58.1 Å². The number of piperidine rings is 1. The first-order valence-corrected chi connectivity index (χ1v) is 10.6. The molecule has 30 heavy (non-hydrogen) atoms. The van der Waals surface area contributed by atoms with Crippen LogP contribution in [0.15, 0.2) is 60.7 Å². The zero-order chi connectivity index (χ0) is 20.9. The van der Waals surface area contributed by atoms with Gasteiger partial charge in [0.05, 0.1) is 5.69 Å². The summed E-state index contributed by atoms with van der Waals surface area (Å²) < 4.78 is 0. The molecule has 0 atom stereocenters. The summed E-state index contributed by atoms with van der Waals surface area (Å²) in [6.45, 7) is 4.25. The van der Waals surface area contributed by atoms with Crippen molar-refractivity contribution in [3.05, 3.63) is 76.8 Å². The quantitative estimate of drug-likeness (QED) is 0.653. The van der Waals surface area contributed by atoms with Gasteiger partial charge >= 0.3 is 0 Å². The molecule has 1 amide bonds. The first-order valence-electron chi connectivity index (χ1n) is 10.3. The molecule has 1 aliphatic rings. The van der Waals surface area contributed by atoms with Crippen LogP contribution in [-0.4, -0.2) is 29.2 Å². The number of hydrogen-bond acceptors (Lipinski definition) is 4. The van der Waals surface area contributed by atoms with Crippen LogP contribution in [-0.2, 0) is 11.3 Å². The molecule has 1 aromatic heterocycles. The number of nitrogens with zero attached hydrogens (tertiary/aromatic N) is 3. The Kier molecular flexibility index (Phi) is 6.29. The molecule has 4 rings (SSSR count). The van der Waals surface area contributed by atoms with Crippen LogP contribution < -0.4 is 10.2 Å². The van der Waals surface area contributed by atoms with E-state index in [0.29, 0.717) is 11.6 Å². The Bertz CT molecular complexity index is 979. The van der Waals surface area contributed by atoms with Crippen LogP contribution in [0.2, 0.25) is 5.02 Å². The van der Waals surface area contributed by atoms with Crippen molar-refractivity contribution in [2.24, 2.45) is 5.92 Å². The van der Waals surface area contributed by atoms with Gasteiger partial charge in [-0.15, -0.1) is 10.2 Å². The van der Waals surface area contributed by atoms with E-state index in [9.17, 15) is 4.79 Å². The lowest BCUT2D eigenvalue weighted by Gasteiger charge is -2.31. The molecular formula is C24H25ClN4O. The van der Waals surface area contributed by atoms with Crippen molar-refractivity contribution in [2.75, 3.05) is 18.0 Å². The minimum atomic E-state index is 0.0491. The third kappa shape index (κ3) is 4.97. The molecule has 0 bridgehead atoms. The molecule has 0 unspecified atom stereocenters. The van der Waals surface area contributed by atoms with Gasteiger partial charge in [0.1, 0.15) is 0 Å². The molecule has 3 aromatic rings. The number of rotatable bonds is 5. The standard InChI is InChI=1S/C24H25ClN4O/c1-17-2-4-18(5-3-17)16-26-24(30)20-12-14-29(15-13-20)23-11-10-22(27-28-23)19-6-8-21(25)9-7-19/h2-11,20H,12-16H2,1H3,(H,26,30). The first-order chi connectivity index (χ1) is 14.6. The number of nitrogens with one attached hydrogen (secondary N) is 1. The summed E-state index contributed by atoms with van der Waals surface area (Å²) in [5.74, 6) is 1.04. The van der Waals surface area contributed by atoms with E-state index in [0.717, 1.165) is 48.6 Å². The summed E-state index contributed by atoms with van der Waals surface area (Å²) in [5, 5.41) is 12.5. The molecule has 6 heteroatoms. The van der Waals surface area contributed by atoms with Crippen LogP contribution in [0.3, 0.4) is 0 Å². The van der Waals surface area contributed by atoms with E-state index in [1.165, 1.54) is 5.56 Å². The van der Waals surface area contributed by atoms with Crippen LogP contribution in [0.5, 0.6) is 0 Å². The van der Waals surface area contributed by atoms with Crippen LogP contribution in [0.4, 0.5) is 5.82 Å². The van der Waals surface area contributed by atoms with Gasteiger partial charge in [-0.1, -0.05) is 53.6 Å². The predicted molar refractivity (Wildman–Crippen MR) is 120 cm³/mol. The molecule has 154 valence electrons. The number of halogens is 1. The molecule has 1 aliphatic heterocycles. The molecule has 0 saturated carbocycles. The molecule has 1 N–H and O–H groups in total. The Morgan fingerprint density at radius 3 is 2.33 bits per heavy atom. The Hall–Kier alpha value is -2.92. The van der Waals surface area contributed by atoms with E-state index in [1.807, 2.05) is 36.4 Å². The van der Waals surface area contributed by atoms with Gasteiger partial charge in [0.15, 0.2) is 5.82 Å². The minimum absolute atomic E-state index is 0.0491. The first kappa shape index (κ1) is 20.4. The predicted octanol–water partition coefficient (Wildman–Crippen LogP) is 4.64. The Morgan fingerprint density at radius 1 is 1.00 bits per heavy atom. The zero-order valence-electron chi connectivity index (χ0n) is 17.0. The van der Waals surface area contributed by atoms with Gasteiger partial charge in [-0.3, -0.25) is 4.79 Å². The number of amides is 1. The van der Waals surface area contributed by atoms with Crippen LogP contribution in [0.25, 0.3) is 11.3 Å². The Labute approximate surface area is 182 Å². The van der Waals surface area contributed by atoms with E-state index in [-0.39, 0.29) is 11.8 Å². The largest absolute Gasteiger partial charge is 0.355 e. The van der Waals surface area contributed by atoms with Gasteiger partial charge in [0, 0.05) is 36.1 Å². The maximum Gasteiger partial charge on any atom is 0.223 e. The Balaban J connectivity index is 1.29. The molecule has 2 heterocycles. The van der Waals surface area contributed by atoms with Gasteiger partial charge in [-0.05, 0) is 49.6 Å². The van der Waals surface area contributed by atoms with Crippen molar-refractivity contribution in [2.45, 2.75) is 26.3 Å². The number of anilines is 1. The maximum absolute atomic E-state index is 12.5. The molecular weight excluding hydrogens is 396 g/mol. The summed E-state index contributed by atoms with van der Waals surface area (Å²) in [6.07, 6.45) is 1.64. The van der Waals surface area contributed by atoms with E-state index in [1.54, 1.807) is 0 Å². The number of benzene rings is 2. The van der Waals surface area contributed by atoms with E-state index in [4.69, 9.17) is 11.6 Å².